The van der Waals surface area contributed by atoms with Gasteiger partial charge >= 0.3 is 11.9 Å². The number of cyclic esters (lactones) is 1. The van der Waals surface area contributed by atoms with Gasteiger partial charge in [0.1, 0.15) is 42.9 Å². The fourth-order valence-corrected chi connectivity index (χ4v) is 9.80. The molecule has 67 heavy (non-hydrogen) atoms. The van der Waals surface area contributed by atoms with Gasteiger partial charge in [-0.15, -0.1) is 0 Å². The van der Waals surface area contributed by atoms with Gasteiger partial charge in [-0.3, -0.25) is 14.4 Å². The fourth-order valence-electron chi connectivity index (χ4n) is 9.80. The zero-order valence-corrected chi connectivity index (χ0v) is 41.6. The molecule has 21 atom stereocenters. The van der Waals surface area contributed by atoms with Crippen molar-refractivity contribution >= 4 is 24.0 Å². The van der Waals surface area contributed by atoms with Crippen LogP contribution >= 0.6 is 0 Å². The Labute approximate surface area is 395 Å². The van der Waals surface area contributed by atoms with E-state index in [-0.39, 0.29) is 31.7 Å². The predicted octanol–water partition coefficient (Wildman–Crippen LogP) is 2.40. The van der Waals surface area contributed by atoms with Gasteiger partial charge in [0.2, 0.25) is 0 Å². The Morgan fingerprint density at radius 3 is 2.13 bits per heavy atom. The summed E-state index contributed by atoms with van der Waals surface area (Å²) < 4.78 is 61.2. The zero-order chi connectivity index (χ0) is 50.1. The number of hydrogen-bond acceptors (Lipinski definition) is 19. The normalized spacial score (nSPS) is 44.3. The molecule has 4 N–H and O–H groups in total. The van der Waals surface area contributed by atoms with E-state index in [2.05, 4.69) is 0 Å². The van der Waals surface area contributed by atoms with Crippen LogP contribution in [0.3, 0.4) is 0 Å². The van der Waals surface area contributed by atoms with Crippen molar-refractivity contribution in [2.75, 3.05) is 34.9 Å². The molecular formula is C48H79NO18. The minimum Gasteiger partial charge on any atom is -0.462 e. The number of methoxy groups -OCH3 is 2. The molecule has 0 spiro atoms. The highest BCUT2D eigenvalue weighted by Crippen LogP contribution is 2.38. The topological polar surface area (TPSA) is 245 Å². The summed E-state index contributed by atoms with van der Waals surface area (Å²) in [5.74, 6) is -4.40. The van der Waals surface area contributed by atoms with Crippen LogP contribution in [0.25, 0.3) is 0 Å². The van der Waals surface area contributed by atoms with E-state index in [1.54, 1.807) is 66.6 Å². The molecule has 0 aliphatic carbocycles. The second kappa shape index (κ2) is 25.4. The second-order valence-corrected chi connectivity index (χ2v) is 19.3. The number of allylic oxidation sites excluding steroid dienone is 3. The van der Waals surface area contributed by atoms with Crippen LogP contribution in [-0.2, 0) is 66.5 Å². The third-order valence-corrected chi connectivity index (χ3v) is 13.7. The van der Waals surface area contributed by atoms with E-state index < -0.39 is 146 Å². The summed E-state index contributed by atoms with van der Waals surface area (Å²) in [5, 5.41) is 44.1. The lowest BCUT2D eigenvalue weighted by atomic mass is 9.79. The van der Waals surface area contributed by atoms with Crippen molar-refractivity contribution < 1.29 is 87.0 Å². The van der Waals surface area contributed by atoms with Crippen molar-refractivity contribution in [1.82, 2.24) is 4.90 Å². The van der Waals surface area contributed by atoms with Crippen LogP contribution in [0.5, 0.6) is 0 Å². The van der Waals surface area contributed by atoms with Crippen molar-refractivity contribution in [3.8, 4) is 0 Å². The van der Waals surface area contributed by atoms with Crippen molar-refractivity contribution in [3.05, 3.63) is 23.8 Å². The maximum atomic E-state index is 13.9. The van der Waals surface area contributed by atoms with E-state index in [0.29, 0.717) is 18.3 Å². The minimum absolute atomic E-state index is 0.0206. The van der Waals surface area contributed by atoms with E-state index in [1.807, 2.05) is 13.0 Å². The lowest BCUT2D eigenvalue weighted by Crippen LogP contribution is -2.66. The van der Waals surface area contributed by atoms with Crippen LogP contribution in [0, 0.1) is 23.7 Å². The lowest BCUT2D eigenvalue weighted by molar-refractivity contribution is -0.342. The molecule has 3 fully saturated rings. The second-order valence-electron chi connectivity index (χ2n) is 19.3. The Hall–Kier alpha value is -2.76. The summed E-state index contributed by atoms with van der Waals surface area (Å²) in [4.78, 5) is 54.7. The molecule has 19 nitrogen and oxygen atoms in total. The number of aliphatic hydroxyl groups is 4. The molecule has 4 heterocycles. The van der Waals surface area contributed by atoms with Gasteiger partial charge in [0, 0.05) is 51.7 Å². The molecule has 0 aromatic rings. The number of aliphatic hydroxyl groups excluding tert-OH is 3. The number of likely N-dealkylation sites (N-methyl/N-ethyl adjacent to an activating group) is 1. The predicted molar refractivity (Wildman–Crippen MR) is 240 cm³/mol. The van der Waals surface area contributed by atoms with Gasteiger partial charge in [-0.1, -0.05) is 38.5 Å². The Morgan fingerprint density at radius 1 is 0.896 bits per heavy atom. The van der Waals surface area contributed by atoms with Crippen LogP contribution < -0.4 is 0 Å². The number of esters is 2. The van der Waals surface area contributed by atoms with Crippen molar-refractivity contribution in [2.45, 2.75) is 198 Å². The van der Waals surface area contributed by atoms with Gasteiger partial charge in [0.05, 0.1) is 55.2 Å². The van der Waals surface area contributed by atoms with Crippen LogP contribution in [0.1, 0.15) is 94.4 Å². The first kappa shape index (κ1) is 56.8. The van der Waals surface area contributed by atoms with Gasteiger partial charge in [-0.25, -0.2) is 0 Å². The van der Waals surface area contributed by atoms with Gasteiger partial charge in [0.15, 0.2) is 30.8 Å². The van der Waals surface area contributed by atoms with Crippen LogP contribution in [-0.4, -0.2) is 188 Å². The fraction of sp³-hybridized carbons (Fsp3) is 0.833. The maximum Gasteiger partial charge on any atom is 0.308 e. The molecule has 19 heteroatoms. The molecule has 0 saturated carbocycles. The Kier molecular flexibility index (Phi) is 21.5. The number of aldehydes is 1. The SMILES string of the molecule is CC[C@H]1OC(=O)C[C@@H](O)[C@H](C)[C@@H](O[C@@H]2O[C@H](C)[C@@H](O[C@@H]3C[C@@](C)(O)[C@@H](O)[C@H](C)O3)[C@H](N(C)C)[C@H]2OC(C)=O)[C@@H](CC=O)C[C@@H](C)C(=O)/C=C/C(C)=C/[C@@H]1CO[C@@H]1O[C@H](C)[C@H](O)[C@@H](OC)[C@H]1OC. The highest BCUT2D eigenvalue weighted by atomic mass is 16.7. The summed E-state index contributed by atoms with van der Waals surface area (Å²) in [5.41, 5.74) is -0.849. The third-order valence-electron chi connectivity index (χ3n) is 13.7. The first-order valence-electron chi connectivity index (χ1n) is 23.6. The van der Waals surface area contributed by atoms with E-state index in [9.17, 15) is 39.6 Å². The molecule has 384 valence electrons. The van der Waals surface area contributed by atoms with E-state index >= 15 is 0 Å². The van der Waals surface area contributed by atoms with E-state index in [0.717, 1.165) is 0 Å². The first-order valence-corrected chi connectivity index (χ1v) is 23.6. The molecule has 0 amide bonds. The summed E-state index contributed by atoms with van der Waals surface area (Å²) in [6.07, 6.45) is -8.74. The Morgan fingerprint density at radius 2 is 1.55 bits per heavy atom. The van der Waals surface area contributed by atoms with Crippen LogP contribution in [0.15, 0.2) is 23.8 Å². The van der Waals surface area contributed by atoms with Crippen LogP contribution in [0.2, 0.25) is 0 Å². The number of ether oxygens (including phenoxy) is 10. The lowest BCUT2D eigenvalue weighted by Gasteiger charge is -2.50. The smallest absolute Gasteiger partial charge is 0.308 e. The summed E-state index contributed by atoms with van der Waals surface area (Å²) >= 11 is 0. The summed E-state index contributed by atoms with van der Waals surface area (Å²) in [6, 6.07) is -0.745. The minimum atomic E-state index is -1.52. The number of carbonyl (C=O) groups is 4. The molecule has 4 aliphatic heterocycles. The molecule has 4 aliphatic rings. The first-order chi connectivity index (χ1) is 31.5. The molecular weight excluding hydrogens is 879 g/mol. The number of rotatable bonds is 14. The standard InChI is InChI=1S/C48H79NO18/c1-14-35-32(23-60-46-44(59-13)43(58-12)39(55)27(5)62-46)19-24(2)15-16-33(52)25(3)20-31(17-18-50)40(26(4)34(53)21-36(54)65-35)67-47-42(64-30(8)51)38(49(10)11)41(28(6)63-47)66-37-22-48(9,57)45(56)29(7)61-37/h15-16,18-19,25-29,31-32,34-35,37-47,53,55-57H,14,17,20-23H2,1-13H3/b16-15+,24-19+/t25-,26+,27-,28-,29+,31+,32-,34-,35-,37-,38+,39+,40-,41-,42-,43-,44-,45+,46-,47+,48-/m1/s1. The average molecular weight is 958 g/mol. The molecule has 0 unspecified atom stereocenters. The molecule has 3 saturated heterocycles. The number of hydrogen-bond donors (Lipinski definition) is 4. The van der Waals surface area contributed by atoms with Crippen molar-refractivity contribution in [1.29, 1.82) is 0 Å². The number of carbonyl (C=O) groups excluding carboxylic acids is 4. The number of nitrogens with zero attached hydrogens (tertiary/aromatic N) is 1. The van der Waals surface area contributed by atoms with Crippen molar-refractivity contribution in [2.24, 2.45) is 23.7 Å². The molecule has 0 radical (unpaired) electrons. The van der Waals surface area contributed by atoms with Gasteiger partial charge in [-0.2, -0.15) is 0 Å². The van der Waals surface area contributed by atoms with Crippen molar-refractivity contribution in [3.63, 3.8) is 0 Å². The average Bonchev–Trinajstić information content (AvgIpc) is 3.25. The molecule has 0 aromatic carbocycles. The zero-order valence-electron chi connectivity index (χ0n) is 41.6. The van der Waals surface area contributed by atoms with Crippen LogP contribution in [0.4, 0.5) is 0 Å². The highest BCUT2D eigenvalue weighted by molar-refractivity contribution is 5.91. The monoisotopic (exact) mass is 958 g/mol. The number of ketones is 1. The largest absolute Gasteiger partial charge is 0.462 e. The molecule has 4 rings (SSSR count). The molecule has 0 aromatic heterocycles. The third kappa shape index (κ3) is 14.6. The maximum absolute atomic E-state index is 13.9. The summed E-state index contributed by atoms with van der Waals surface area (Å²) in [6.45, 7) is 14.8. The van der Waals surface area contributed by atoms with Gasteiger partial charge in [-0.05, 0) is 73.5 Å². The quantitative estimate of drug-likeness (QED) is 0.144. The Bertz CT molecular complexity index is 1670. The summed E-state index contributed by atoms with van der Waals surface area (Å²) in [7, 11) is 6.44. The van der Waals surface area contributed by atoms with Gasteiger partial charge in [0.25, 0.3) is 0 Å². The van der Waals surface area contributed by atoms with E-state index in [4.69, 9.17) is 47.4 Å². The highest BCUT2D eigenvalue weighted by Gasteiger charge is 2.53. The molecule has 0 bridgehead atoms. The van der Waals surface area contributed by atoms with E-state index in [1.165, 1.54) is 34.1 Å². The van der Waals surface area contributed by atoms with Gasteiger partial charge < -0.3 is 77.5 Å². The Balaban J connectivity index is 1.68.